The molecule has 1 atom stereocenters. The first-order valence-electron chi connectivity index (χ1n) is 7.47. The number of hydrogen-bond acceptors (Lipinski definition) is 4. The Morgan fingerprint density at radius 1 is 1.36 bits per heavy atom. The zero-order valence-corrected chi connectivity index (χ0v) is 15.8. The lowest BCUT2D eigenvalue weighted by Crippen LogP contribution is -2.55. The Kier molecular flexibility index (Phi) is 6.50. The maximum Gasteiger partial charge on any atom is 0.407 e. The summed E-state index contributed by atoms with van der Waals surface area (Å²) >= 11 is 3.44. The number of carbonyl (C=O) groups excluding carboxylic acids is 1. The van der Waals surface area contributed by atoms with Gasteiger partial charge in [0.25, 0.3) is 0 Å². The Morgan fingerprint density at radius 3 is 2.45 bits per heavy atom. The van der Waals surface area contributed by atoms with Gasteiger partial charge in [-0.2, -0.15) is 0 Å². The first kappa shape index (κ1) is 19.0. The van der Waals surface area contributed by atoms with Crippen molar-refractivity contribution in [2.45, 2.75) is 59.2 Å². The number of amides is 1. The number of alkyl carbamates (subject to hydrolysis) is 1. The monoisotopic (exact) mass is 374 g/mol. The van der Waals surface area contributed by atoms with E-state index in [1.807, 2.05) is 26.8 Å². The van der Waals surface area contributed by atoms with Crippen LogP contribution < -0.4 is 10.6 Å². The second kappa shape index (κ2) is 7.51. The summed E-state index contributed by atoms with van der Waals surface area (Å²) in [5, 5.41) is 6.30. The van der Waals surface area contributed by atoms with Crippen LogP contribution in [0.25, 0.3) is 0 Å². The molecule has 22 heavy (non-hydrogen) atoms. The molecule has 5 nitrogen and oxygen atoms in total. The number of furan rings is 1. The highest BCUT2D eigenvalue weighted by atomic mass is 79.9. The number of carbonyl (C=O) groups is 1. The van der Waals surface area contributed by atoms with Gasteiger partial charge in [-0.3, -0.25) is 0 Å². The maximum atomic E-state index is 11.8. The Morgan fingerprint density at radius 2 is 2.00 bits per heavy atom. The molecule has 0 saturated carbocycles. The van der Waals surface area contributed by atoms with Gasteiger partial charge in [0.1, 0.15) is 11.4 Å². The minimum Gasteiger partial charge on any atom is -0.467 e. The fourth-order valence-corrected chi connectivity index (χ4v) is 2.12. The molecule has 1 rings (SSSR count). The van der Waals surface area contributed by atoms with Gasteiger partial charge in [0.05, 0.1) is 17.3 Å². The molecule has 126 valence electrons. The summed E-state index contributed by atoms with van der Waals surface area (Å²) in [6.07, 6.45) is 1.24. The Bertz CT molecular complexity index is 494. The van der Waals surface area contributed by atoms with Crippen LogP contribution in [0.2, 0.25) is 0 Å². The zero-order chi connectivity index (χ0) is 17.0. The van der Waals surface area contributed by atoms with E-state index in [2.05, 4.69) is 47.3 Å². The molecule has 1 unspecified atom stereocenters. The summed E-state index contributed by atoms with van der Waals surface area (Å²) in [4.78, 5) is 11.8. The highest BCUT2D eigenvalue weighted by Crippen LogP contribution is 2.21. The molecule has 0 aliphatic carbocycles. The van der Waals surface area contributed by atoms with E-state index in [9.17, 15) is 4.79 Å². The average molecular weight is 375 g/mol. The third kappa shape index (κ3) is 6.01. The lowest BCUT2D eigenvalue weighted by molar-refractivity contribution is 0.0502. The number of ether oxygens (including phenoxy) is 1. The van der Waals surface area contributed by atoms with E-state index in [4.69, 9.17) is 9.15 Å². The van der Waals surface area contributed by atoms with Crippen molar-refractivity contribution in [1.82, 2.24) is 10.6 Å². The molecule has 2 N–H and O–H groups in total. The van der Waals surface area contributed by atoms with E-state index in [1.54, 1.807) is 6.26 Å². The summed E-state index contributed by atoms with van der Waals surface area (Å²) in [7, 11) is 0. The van der Waals surface area contributed by atoms with Crippen LogP contribution in [0.15, 0.2) is 21.2 Å². The lowest BCUT2D eigenvalue weighted by Gasteiger charge is -2.35. The molecule has 0 saturated heterocycles. The first-order valence-corrected chi connectivity index (χ1v) is 8.26. The standard InChI is InChI=1S/C16H27BrN2O3/c1-11(2)16(6,10-18-14(20)22-15(3,4)5)19-9-13-12(17)7-8-21-13/h7-8,11,19H,9-10H2,1-6H3,(H,18,20). The van der Waals surface area contributed by atoms with Crippen LogP contribution in [-0.4, -0.2) is 23.8 Å². The number of rotatable bonds is 6. The van der Waals surface area contributed by atoms with Gasteiger partial charge in [-0.25, -0.2) is 4.79 Å². The molecule has 0 aromatic carbocycles. The van der Waals surface area contributed by atoms with Crippen molar-refractivity contribution < 1.29 is 13.9 Å². The molecule has 1 heterocycles. The van der Waals surface area contributed by atoms with Gasteiger partial charge in [-0.15, -0.1) is 0 Å². The van der Waals surface area contributed by atoms with E-state index < -0.39 is 11.7 Å². The van der Waals surface area contributed by atoms with Crippen LogP contribution in [0.4, 0.5) is 4.79 Å². The third-order valence-electron chi connectivity index (χ3n) is 3.62. The van der Waals surface area contributed by atoms with Crippen molar-refractivity contribution in [3.63, 3.8) is 0 Å². The van der Waals surface area contributed by atoms with Crippen LogP contribution in [0.5, 0.6) is 0 Å². The predicted octanol–water partition coefficient (Wildman–Crippen LogP) is 4.07. The first-order chi connectivity index (χ1) is 10.0. The van der Waals surface area contributed by atoms with Gasteiger partial charge in [0.2, 0.25) is 0 Å². The number of halogens is 1. The van der Waals surface area contributed by atoms with Crippen molar-refractivity contribution in [1.29, 1.82) is 0 Å². The van der Waals surface area contributed by atoms with Crippen molar-refractivity contribution in [3.05, 3.63) is 22.6 Å². The van der Waals surface area contributed by atoms with Gasteiger partial charge in [0, 0.05) is 12.1 Å². The highest BCUT2D eigenvalue weighted by Gasteiger charge is 2.29. The van der Waals surface area contributed by atoms with E-state index in [-0.39, 0.29) is 5.54 Å². The average Bonchev–Trinajstić information content (AvgIpc) is 2.77. The largest absolute Gasteiger partial charge is 0.467 e. The Balaban J connectivity index is 2.59. The van der Waals surface area contributed by atoms with Crippen LogP contribution in [0.3, 0.4) is 0 Å². The molecular formula is C16H27BrN2O3. The smallest absolute Gasteiger partial charge is 0.407 e. The second-order valence-corrected chi connectivity index (χ2v) is 7.83. The van der Waals surface area contributed by atoms with Crippen molar-refractivity contribution in [2.75, 3.05) is 6.54 Å². The lowest BCUT2D eigenvalue weighted by atomic mass is 9.88. The molecule has 1 aromatic heterocycles. The molecule has 0 spiro atoms. The van der Waals surface area contributed by atoms with Gasteiger partial charge in [0.15, 0.2) is 0 Å². The van der Waals surface area contributed by atoms with Crippen molar-refractivity contribution >= 4 is 22.0 Å². The molecule has 1 amide bonds. The minimum atomic E-state index is -0.495. The Hall–Kier alpha value is -1.01. The normalized spacial score (nSPS) is 14.7. The molecular weight excluding hydrogens is 348 g/mol. The van der Waals surface area contributed by atoms with Gasteiger partial charge >= 0.3 is 6.09 Å². The van der Waals surface area contributed by atoms with Gasteiger partial charge < -0.3 is 19.8 Å². The van der Waals surface area contributed by atoms with E-state index in [1.165, 1.54) is 0 Å². The minimum absolute atomic E-state index is 0.275. The van der Waals surface area contributed by atoms with Crippen molar-refractivity contribution in [3.8, 4) is 0 Å². The molecule has 1 aromatic rings. The number of nitrogens with one attached hydrogen (secondary N) is 2. The molecule has 0 radical (unpaired) electrons. The summed E-state index contributed by atoms with van der Waals surface area (Å²) in [6, 6.07) is 1.86. The second-order valence-electron chi connectivity index (χ2n) is 6.97. The topological polar surface area (TPSA) is 63.5 Å². The van der Waals surface area contributed by atoms with Crippen LogP contribution >= 0.6 is 15.9 Å². The molecule has 0 fully saturated rings. The molecule has 0 bridgehead atoms. The summed E-state index contributed by atoms with van der Waals surface area (Å²) in [5.74, 6) is 1.15. The summed E-state index contributed by atoms with van der Waals surface area (Å²) < 4.78 is 11.6. The quantitative estimate of drug-likeness (QED) is 0.787. The fourth-order valence-electron chi connectivity index (χ4n) is 1.77. The molecule has 6 heteroatoms. The number of hydrogen-bond donors (Lipinski definition) is 2. The molecule has 0 aliphatic rings. The van der Waals surface area contributed by atoms with Crippen LogP contribution in [0.1, 0.15) is 47.3 Å². The van der Waals surface area contributed by atoms with Crippen LogP contribution in [-0.2, 0) is 11.3 Å². The summed E-state index contributed by atoms with van der Waals surface area (Å²) in [5.41, 5.74) is -0.770. The SMILES string of the molecule is CC(C)C(C)(CNC(=O)OC(C)(C)C)NCc1occc1Br. The van der Waals surface area contributed by atoms with Gasteiger partial charge in [-0.1, -0.05) is 13.8 Å². The van der Waals surface area contributed by atoms with E-state index >= 15 is 0 Å². The Labute approximate surface area is 141 Å². The van der Waals surface area contributed by atoms with Gasteiger partial charge in [-0.05, 0) is 55.6 Å². The van der Waals surface area contributed by atoms with Crippen LogP contribution in [0, 0.1) is 5.92 Å². The molecule has 0 aliphatic heterocycles. The zero-order valence-electron chi connectivity index (χ0n) is 14.2. The highest BCUT2D eigenvalue weighted by molar-refractivity contribution is 9.10. The fraction of sp³-hybridized carbons (Fsp3) is 0.688. The van der Waals surface area contributed by atoms with E-state index in [0.29, 0.717) is 19.0 Å². The third-order valence-corrected chi connectivity index (χ3v) is 4.32. The maximum absolute atomic E-state index is 11.8. The predicted molar refractivity (Wildman–Crippen MR) is 90.7 cm³/mol. The van der Waals surface area contributed by atoms with Crippen molar-refractivity contribution in [2.24, 2.45) is 5.92 Å². The van der Waals surface area contributed by atoms with E-state index in [0.717, 1.165) is 10.2 Å². The summed E-state index contributed by atoms with van der Waals surface area (Å²) in [6.45, 7) is 12.9.